The van der Waals surface area contributed by atoms with E-state index in [1.165, 1.54) is 0 Å². The molecule has 0 amide bonds. The van der Waals surface area contributed by atoms with E-state index in [-0.39, 0.29) is 6.04 Å². The monoisotopic (exact) mass is 217 g/mol. The number of terminal acetylenes is 1. The van der Waals surface area contributed by atoms with Crippen LogP contribution >= 0.6 is 0 Å². The molecule has 0 bridgehead atoms. The molecule has 0 spiro atoms. The molecule has 1 aromatic carbocycles. The fourth-order valence-electron chi connectivity index (χ4n) is 1.51. The van der Waals surface area contributed by atoms with Crippen LogP contribution in [0.5, 0.6) is 5.75 Å². The van der Waals surface area contributed by atoms with E-state index >= 15 is 0 Å². The normalized spacial score (nSPS) is 11.8. The van der Waals surface area contributed by atoms with E-state index in [1.807, 2.05) is 31.2 Å². The summed E-state index contributed by atoms with van der Waals surface area (Å²) >= 11 is 0. The van der Waals surface area contributed by atoms with Crippen LogP contribution in [-0.2, 0) is 0 Å². The molecule has 0 saturated carbocycles. The van der Waals surface area contributed by atoms with Gasteiger partial charge in [0.1, 0.15) is 5.75 Å². The van der Waals surface area contributed by atoms with Crippen LogP contribution in [0.2, 0.25) is 0 Å². The molecule has 1 aromatic rings. The average molecular weight is 217 g/mol. The maximum absolute atomic E-state index is 5.52. The molecule has 0 saturated heterocycles. The van der Waals surface area contributed by atoms with Gasteiger partial charge < -0.3 is 10.1 Å². The molecular formula is C14H19NO. The zero-order chi connectivity index (χ0) is 11.8. The number of hydrogen-bond acceptors (Lipinski definition) is 2. The lowest BCUT2D eigenvalue weighted by Crippen LogP contribution is -2.20. The highest BCUT2D eigenvalue weighted by Gasteiger charge is 2.07. The maximum atomic E-state index is 5.52. The van der Waals surface area contributed by atoms with Crippen molar-refractivity contribution in [1.29, 1.82) is 0 Å². The Labute approximate surface area is 98.0 Å². The summed E-state index contributed by atoms with van der Waals surface area (Å²) in [6.07, 6.45) is 6.59. The Balaban J connectivity index is 2.76. The molecule has 0 aliphatic carbocycles. The van der Waals surface area contributed by atoms with Crippen LogP contribution in [0, 0.1) is 12.3 Å². The van der Waals surface area contributed by atoms with Gasteiger partial charge in [-0.15, -0.1) is 6.42 Å². The third kappa shape index (κ3) is 3.60. The first-order valence-electron chi connectivity index (χ1n) is 5.74. The van der Waals surface area contributed by atoms with Crippen molar-refractivity contribution in [2.45, 2.75) is 26.3 Å². The van der Waals surface area contributed by atoms with Gasteiger partial charge in [-0.3, -0.25) is 0 Å². The summed E-state index contributed by atoms with van der Waals surface area (Å²) in [6, 6.07) is 7.91. The standard InChI is InChI=1S/C14H19NO/c1-4-10-15-14(5-2)12-8-7-9-13(11-12)16-6-3/h2,7-9,11,14-15H,4,6,10H2,1,3H3. The highest BCUT2D eigenvalue weighted by molar-refractivity contribution is 5.33. The summed E-state index contributed by atoms with van der Waals surface area (Å²) in [7, 11) is 0. The van der Waals surface area contributed by atoms with Crippen molar-refractivity contribution in [3.8, 4) is 18.1 Å². The van der Waals surface area contributed by atoms with E-state index in [0.29, 0.717) is 6.61 Å². The third-order valence-electron chi connectivity index (χ3n) is 2.27. The summed E-state index contributed by atoms with van der Waals surface area (Å²) in [5.74, 6) is 3.63. The molecule has 1 atom stereocenters. The average Bonchev–Trinajstić information content (AvgIpc) is 2.31. The second-order valence-electron chi connectivity index (χ2n) is 3.56. The van der Waals surface area contributed by atoms with E-state index in [2.05, 4.69) is 18.2 Å². The smallest absolute Gasteiger partial charge is 0.119 e. The summed E-state index contributed by atoms with van der Waals surface area (Å²) in [4.78, 5) is 0. The minimum atomic E-state index is -0.0274. The third-order valence-corrected chi connectivity index (χ3v) is 2.27. The summed E-state index contributed by atoms with van der Waals surface area (Å²) in [5.41, 5.74) is 1.09. The Morgan fingerprint density at radius 2 is 2.25 bits per heavy atom. The molecule has 1 N–H and O–H groups in total. The number of hydrogen-bond donors (Lipinski definition) is 1. The van der Waals surface area contributed by atoms with E-state index in [0.717, 1.165) is 24.3 Å². The predicted molar refractivity (Wildman–Crippen MR) is 67.5 cm³/mol. The fourth-order valence-corrected chi connectivity index (χ4v) is 1.51. The molecule has 0 aliphatic heterocycles. The molecular weight excluding hydrogens is 198 g/mol. The van der Waals surface area contributed by atoms with Crippen LogP contribution in [-0.4, -0.2) is 13.2 Å². The second kappa shape index (κ2) is 6.92. The SMILES string of the molecule is C#CC(NCCC)c1cccc(OCC)c1. The van der Waals surface area contributed by atoms with Crippen molar-refractivity contribution in [1.82, 2.24) is 5.32 Å². The summed E-state index contributed by atoms with van der Waals surface area (Å²) < 4.78 is 5.45. The van der Waals surface area contributed by atoms with Crippen LogP contribution < -0.4 is 10.1 Å². The molecule has 2 heteroatoms. The first kappa shape index (κ1) is 12.6. The minimum Gasteiger partial charge on any atom is -0.494 e. The van der Waals surface area contributed by atoms with Gasteiger partial charge in [0.25, 0.3) is 0 Å². The molecule has 1 rings (SSSR count). The van der Waals surface area contributed by atoms with Crippen LogP contribution in [0.1, 0.15) is 31.9 Å². The molecule has 0 fully saturated rings. The van der Waals surface area contributed by atoms with Crippen LogP contribution in [0.4, 0.5) is 0 Å². The zero-order valence-corrected chi connectivity index (χ0v) is 9.99. The topological polar surface area (TPSA) is 21.3 Å². The largest absolute Gasteiger partial charge is 0.494 e. The highest BCUT2D eigenvalue weighted by atomic mass is 16.5. The molecule has 1 unspecified atom stereocenters. The number of rotatable bonds is 6. The number of ether oxygens (including phenoxy) is 1. The van der Waals surface area contributed by atoms with Gasteiger partial charge in [-0.2, -0.15) is 0 Å². The van der Waals surface area contributed by atoms with Crippen molar-refractivity contribution < 1.29 is 4.74 Å². The first-order chi connectivity index (χ1) is 7.81. The van der Waals surface area contributed by atoms with Crippen molar-refractivity contribution >= 4 is 0 Å². The van der Waals surface area contributed by atoms with E-state index in [1.54, 1.807) is 0 Å². The van der Waals surface area contributed by atoms with E-state index in [9.17, 15) is 0 Å². The fraction of sp³-hybridized carbons (Fsp3) is 0.429. The molecule has 0 aromatic heterocycles. The van der Waals surface area contributed by atoms with Gasteiger partial charge in [-0.1, -0.05) is 25.0 Å². The Bertz CT molecular complexity index is 354. The van der Waals surface area contributed by atoms with E-state index < -0.39 is 0 Å². The van der Waals surface area contributed by atoms with Crippen LogP contribution in [0.25, 0.3) is 0 Å². The van der Waals surface area contributed by atoms with Crippen molar-refractivity contribution in [3.05, 3.63) is 29.8 Å². The quantitative estimate of drug-likeness (QED) is 0.740. The maximum Gasteiger partial charge on any atom is 0.119 e. The lowest BCUT2D eigenvalue weighted by molar-refractivity contribution is 0.339. The predicted octanol–water partition coefficient (Wildman–Crippen LogP) is 2.76. The molecule has 0 heterocycles. The van der Waals surface area contributed by atoms with Crippen molar-refractivity contribution in [3.63, 3.8) is 0 Å². The van der Waals surface area contributed by atoms with Gasteiger partial charge in [0.2, 0.25) is 0 Å². The Morgan fingerprint density at radius 3 is 2.88 bits per heavy atom. The first-order valence-corrected chi connectivity index (χ1v) is 5.74. The van der Waals surface area contributed by atoms with Gasteiger partial charge in [0.05, 0.1) is 12.6 Å². The summed E-state index contributed by atoms with van der Waals surface area (Å²) in [5, 5.41) is 3.31. The lowest BCUT2D eigenvalue weighted by Gasteiger charge is -2.13. The Kier molecular flexibility index (Phi) is 5.45. The second-order valence-corrected chi connectivity index (χ2v) is 3.56. The highest BCUT2D eigenvalue weighted by Crippen LogP contribution is 2.18. The lowest BCUT2D eigenvalue weighted by atomic mass is 10.1. The molecule has 0 radical (unpaired) electrons. The molecule has 86 valence electrons. The summed E-state index contributed by atoms with van der Waals surface area (Å²) in [6.45, 7) is 5.69. The van der Waals surface area contributed by atoms with Crippen LogP contribution in [0.15, 0.2) is 24.3 Å². The van der Waals surface area contributed by atoms with E-state index in [4.69, 9.17) is 11.2 Å². The van der Waals surface area contributed by atoms with Gasteiger partial charge in [0, 0.05) is 0 Å². The number of nitrogens with one attached hydrogen (secondary N) is 1. The Hall–Kier alpha value is -1.46. The number of benzene rings is 1. The molecule has 16 heavy (non-hydrogen) atoms. The minimum absolute atomic E-state index is 0.0274. The van der Waals surface area contributed by atoms with Crippen molar-refractivity contribution in [2.75, 3.05) is 13.2 Å². The van der Waals surface area contributed by atoms with Gasteiger partial charge in [0.15, 0.2) is 0 Å². The van der Waals surface area contributed by atoms with Gasteiger partial charge in [-0.25, -0.2) is 0 Å². The van der Waals surface area contributed by atoms with Gasteiger partial charge >= 0.3 is 0 Å². The Morgan fingerprint density at radius 1 is 1.44 bits per heavy atom. The van der Waals surface area contributed by atoms with Crippen molar-refractivity contribution in [2.24, 2.45) is 0 Å². The molecule has 0 aliphatic rings. The van der Waals surface area contributed by atoms with Crippen LogP contribution in [0.3, 0.4) is 0 Å². The molecule has 2 nitrogen and oxygen atoms in total. The van der Waals surface area contributed by atoms with Gasteiger partial charge in [-0.05, 0) is 37.6 Å². The zero-order valence-electron chi connectivity index (χ0n) is 9.99.